The van der Waals surface area contributed by atoms with Crippen LogP contribution < -0.4 is 16.4 Å². The van der Waals surface area contributed by atoms with Gasteiger partial charge in [-0.3, -0.25) is 9.59 Å². The molecule has 0 bridgehead atoms. The van der Waals surface area contributed by atoms with Crippen LogP contribution in [0.5, 0.6) is 0 Å². The molecule has 0 saturated heterocycles. The Hall–Kier alpha value is -1.75. The minimum absolute atomic E-state index is 0. The van der Waals surface area contributed by atoms with E-state index in [4.69, 9.17) is 5.73 Å². The molecule has 2 rings (SSSR count). The Morgan fingerprint density at radius 3 is 2.44 bits per heavy atom. The van der Waals surface area contributed by atoms with E-state index in [1.807, 2.05) is 24.3 Å². The maximum Gasteiger partial charge on any atom is 0.242 e. The summed E-state index contributed by atoms with van der Waals surface area (Å²) in [5, 5.41) is 5.69. The van der Waals surface area contributed by atoms with Gasteiger partial charge in [0, 0.05) is 18.7 Å². The molecule has 1 atom stereocenters. The SMILES string of the molecule is CC(NC(=O)CC1CCCCC1)C(=O)NCCc1ccc(N)cc1.Cl. The van der Waals surface area contributed by atoms with Crippen LogP contribution in [0.25, 0.3) is 0 Å². The maximum absolute atomic E-state index is 12.1. The number of carbonyl (C=O) groups excluding carboxylic acids is 2. The molecule has 1 saturated carbocycles. The van der Waals surface area contributed by atoms with Crippen molar-refractivity contribution < 1.29 is 9.59 Å². The van der Waals surface area contributed by atoms with Gasteiger partial charge in [-0.25, -0.2) is 0 Å². The van der Waals surface area contributed by atoms with Crippen molar-refractivity contribution >= 4 is 29.9 Å². The zero-order valence-electron chi connectivity index (χ0n) is 14.9. The summed E-state index contributed by atoms with van der Waals surface area (Å²) in [4.78, 5) is 24.1. The predicted octanol–water partition coefficient (Wildman–Crippen LogP) is 2.82. The van der Waals surface area contributed by atoms with Crippen LogP contribution in [-0.2, 0) is 16.0 Å². The van der Waals surface area contributed by atoms with Crippen LogP contribution in [0.2, 0.25) is 0 Å². The third-order valence-corrected chi connectivity index (χ3v) is 4.66. The molecule has 1 fully saturated rings. The van der Waals surface area contributed by atoms with E-state index in [-0.39, 0.29) is 24.2 Å². The first-order valence-electron chi connectivity index (χ1n) is 8.96. The molecule has 0 spiro atoms. The van der Waals surface area contributed by atoms with Crippen molar-refractivity contribution in [3.63, 3.8) is 0 Å². The molecule has 5 nitrogen and oxygen atoms in total. The number of nitrogen functional groups attached to an aromatic ring is 1. The number of nitrogens with one attached hydrogen (secondary N) is 2. The quantitative estimate of drug-likeness (QED) is 0.648. The molecule has 0 radical (unpaired) electrons. The van der Waals surface area contributed by atoms with E-state index in [2.05, 4.69) is 10.6 Å². The summed E-state index contributed by atoms with van der Waals surface area (Å²) >= 11 is 0. The van der Waals surface area contributed by atoms with E-state index in [1.165, 1.54) is 19.3 Å². The fourth-order valence-electron chi connectivity index (χ4n) is 3.19. The molecule has 1 aliphatic rings. The number of hydrogen-bond acceptors (Lipinski definition) is 3. The molecule has 0 aromatic heterocycles. The minimum Gasteiger partial charge on any atom is -0.399 e. The summed E-state index contributed by atoms with van der Waals surface area (Å²) in [5.74, 6) is 0.338. The van der Waals surface area contributed by atoms with Gasteiger partial charge in [0.05, 0.1) is 0 Å². The lowest BCUT2D eigenvalue weighted by molar-refractivity contribution is -0.129. The van der Waals surface area contributed by atoms with Crippen LogP contribution in [0.1, 0.15) is 51.0 Å². The highest BCUT2D eigenvalue weighted by atomic mass is 35.5. The number of rotatable bonds is 7. The summed E-state index contributed by atoms with van der Waals surface area (Å²) in [6.07, 6.45) is 7.28. The number of nitrogens with two attached hydrogens (primary N) is 1. The molecular weight excluding hydrogens is 338 g/mol. The van der Waals surface area contributed by atoms with Crippen molar-refractivity contribution in [2.24, 2.45) is 5.92 Å². The van der Waals surface area contributed by atoms with Crippen LogP contribution in [0.4, 0.5) is 5.69 Å². The fourth-order valence-corrected chi connectivity index (χ4v) is 3.19. The summed E-state index contributed by atoms with van der Waals surface area (Å²) in [6.45, 7) is 2.28. The Morgan fingerprint density at radius 2 is 1.80 bits per heavy atom. The Kier molecular flexibility index (Phi) is 9.35. The highest BCUT2D eigenvalue weighted by Crippen LogP contribution is 2.26. The maximum atomic E-state index is 12.1. The molecule has 140 valence electrons. The third kappa shape index (κ3) is 7.78. The van der Waals surface area contributed by atoms with Crippen LogP contribution in [0.3, 0.4) is 0 Å². The van der Waals surface area contributed by atoms with Crippen molar-refractivity contribution in [1.82, 2.24) is 10.6 Å². The highest BCUT2D eigenvalue weighted by molar-refractivity contribution is 5.87. The van der Waals surface area contributed by atoms with Crippen molar-refractivity contribution in [2.45, 2.75) is 57.9 Å². The van der Waals surface area contributed by atoms with Crippen LogP contribution in [0, 0.1) is 5.92 Å². The van der Waals surface area contributed by atoms with E-state index in [9.17, 15) is 9.59 Å². The number of benzene rings is 1. The number of carbonyl (C=O) groups is 2. The van der Waals surface area contributed by atoms with Gasteiger partial charge in [0.2, 0.25) is 11.8 Å². The van der Waals surface area contributed by atoms with Crippen molar-refractivity contribution in [1.29, 1.82) is 0 Å². The van der Waals surface area contributed by atoms with Crippen LogP contribution >= 0.6 is 12.4 Å². The predicted molar refractivity (Wildman–Crippen MR) is 104 cm³/mol. The van der Waals surface area contributed by atoms with E-state index < -0.39 is 6.04 Å². The summed E-state index contributed by atoms with van der Waals surface area (Å²) < 4.78 is 0. The largest absolute Gasteiger partial charge is 0.399 e. The smallest absolute Gasteiger partial charge is 0.242 e. The number of hydrogen-bond donors (Lipinski definition) is 3. The van der Waals surface area contributed by atoms with Crippen LogP contribution in [0.15, 0.2) is 24.3 Å². The minimum atomic E-state index is -0.493. The third-order valence-electron chi connectivity index (χ3n) is 4.66. The van der Waals surface area contributed by atoms with Crippen molar-refractivity contribution in [3.8, 4) is 0 Å². The van der Waals surface area contributed by atoms with Gasteiger partial charge in [-0.2, -0.15) is 0 Å². The second-order valence-electron chi connectivity index (χ2n) is 6.78. The first kappa shape index (κ1) is 21.3. The normalized spacial score (nSPS) is 15.7. The Balaban J connectivity index is 0.00000312. The van der Waals surface area contributed by atoms with Gasteiger partial charge in [-0.1, -0.05) is 31.4 Å². The lowest BCUT2D eigenvalue weighted by Crippen LogP contribution is -2.45. The summed E-state index contributed by atoms with van der Waals surface area (Å²) in [5.41, 5.74) is 7.50. The van der Waals surface area contributed by atoms with Gasteiger partial charge < -0.3 is 16.4 Å². The standard InChI is InChI=1S/C19H29N3O2.ClH/c1-14(22-18(23)13-16-5-3-2-4-6-16)19(24)21-12-11-15-7-9-17(20)10-8-15;/h7-10,14,16H,2-6,11-13,20H2,1H3,(H,21,24)(H,22,23);1H. The van der Waals surface area contributed by atoms with E-state index >= 15 is 0 Å². The zero-order valence-corrected chi connectivity index (χ0v) is 15.7. The fraction of sp³-hybridized carbons (Fsp3) is 0.579. The lowest BCUT2D eigenvalue weighted by Gasteiger charge is -2.22. The second-order valence-corrected chi connectivity index (χ2v) is 6.78. The van der Waals surface area contributed by atoms with Crippen LogP contribution in [-0.4, -0.2) is 24.4 Å². The average molecular weight is 368 g/mol. The molecular formula is C19H30ClN3O2. The number of anilines is 1. The molecule has 1 unspecified atom stereocenters. The van der Waals surface area contributed by atoms with E-state index in [0.717, 1.165) is 30.5 Å². The van der Waals surface area contributed by atoms with Gasteiger partial charge in [0.1, 0.15) is 6.04 Å². The average Bonchev–Trinajstić information content (AvgIpc) is 2.57. The topological polar surface area (TPSA) is 84.2 Å². The Morgan fingerprint density at radius 1 is 1.16 bits per heavy atom. The molecule has 6 heteroatoms. The summed E-state index contributed by atoms with van der Waals surface area (Å²) in [6, 6.07) is 7.12. The van der Waals surface area contributed by atoms with Crippen molar-refractivity contribution in [2.75, 3.05) is 12.3 Å². The molecule has 1 aromatic carbocycles. The molecule has 0 heterocycles. The highest BCUT2D eigenvalue weighted by Gasteiger charge is 2.20. The monoisotopic (exact) mass is 367 g/mol. The first-order valence-corrected chi connectivity index (χ1v) is 8.96. The zero-order chi connectivity index (χ0) is 17.4. The van der Waals surface area contributed by atoms with E-state index in [1.54, 1.807) is 6.92 Å². The molecule has 1 aliphatic carbocycles. The van der Waals surface area contributed by atoms with Gasteiger partial charge in [0.25, 0.3) is 0 Å². The lowest BCUT2D eigenvalue weighted by atomic mass is 9.87. The Bertz CT molecular complexity index is 542. The molecule has 0 aliphatic heterocycles. The summed E-state index contributed by atoms with van der Waals surface area (Å²) in [7, 11) is 0. The first-order chi connectivity index (χ1) is 11.5. The molecule has 25 heavy (non-hydrogen) atoms. The molecule has 2 amide bonds. The van der Waals surface area contributed by atoms with E-state index in [0.29, 0.717) is 18.9 Å². The Labute approximate surface area is 156 Å². The molecule has 4 N–H and O–H groups in total. The van der Waals surface area contributed by atoms with Gasteiger partial charge >= 0.3 is 0 Å². The van der Waals surface area contributed by atoms with Gasteiger partial charge in [-0.05, 0) is 49.8 Å². The second kappa shape index (κ2) is 11.0. The number of halogens is 1. The van der Waals surface area contributed by atoms with Gasteiger partial charge in [-0.15, -0.1) is 12.4 Å². The number of amides is 2. The molecule has 1 aromatic rings. The van der Waals surface area contributed by atoms with Crippen molar-refractivity contribution in [3.05, 3.63) is 29.8 Å². The van der Waals surface area contributed by atoms with Gasteiger partial charge in [0.15, 0.2) is 0 Å².